The van der Waals surface area contributed by atoms with Crippen LogP contribution in [-0.2, 0) is 23.7 Å². The van der Waals surface area contributed by atoms with Crippen LogP contribution in [0.4, 0.5) is 4.79 Å². The number of ketones is 1. The van der Waals surface area contributed by atoms with Gasteiger partial charge in [0.25, 0.3) is 0 Å². The number of rotatable bonds is 6. The number of amides is 1. The normalized spacial score (nSPS) is 21.9. The molecular formula is C16H29NO7. The number of aliphatic hydroxyl groups is 1. The van der Waals surface area contributed by atoms with Crippen molar-refractivity contribution in [1.29, 1.82) is 0 Å². The van der Waals surface area contributed by atoms with E-state index in [4.69, 9.17) is 18.9 Å². The highest BCUT2D eigenvalue weighted by Gasteiger charge is 2.48. The molecule has 1 fully saturated rings. The molecule has 0 unspecified atom stereocenters. The second kappa shape index (κ2) is 7.77. The number of carbonyl (C=O) groups is 2. The van der Waals surface area contributed by atoms with Crippen molar-refractivity contribution in [3.63, 3.8) is 0 Å². The monoisotopic (exact) mass is 347 g/mol. The SMILES string of the molecule is COC(OC)C(=O)C[C@@H](O)[C@@H]1COC(C)(C)N1C(=O)OC(C)(C)C. The van der Waals surface area contributed by atoms with Crippen LogP contribution in [0, 0.1) is 0 Å². The summed E-state index contributed by atoms with van der Waals surface area (Å²) in [6.07, 6.45) is -3.00. The molecule has 0 aromatic carbocycles. The van der Waals surface area contributed by atoms with E-state index < -0.39 is 41.6 Å². The maximum absolute atomic E-state index is 12.5. The zero-order valence-corrected chi connectivity index (χ0v) is 15.5. The number of aliphatic hydroxyl groups excluding tert-OH is 1. The van der Waals surface area contributed by atoms with Gasteiger partial charge in [-0.3, -0.25) is 9.69 Å². The summed E-state index contributed by atoms with van der Waals surface area (Å²) in [4.78, 5) is 25.9. The number of ether oxygens (including phenoxy) is 4. The molecule has 8 nitrogen and oxygen atoms in total. The van der Waals surface area contributed by atoms with Crippen LogP contribution in [0.15, 0.2) is 0 Å². The average Bonchev–Trinajstić information content (AvgIpc) is 2.73. The second-order valence-corrected chi connectivity index (χ2v) is 7.22. The van der Waals surface area contributed by atoms with Crippen LogP contribution < -0.4 is 0 Å². The maximum atomic E-state index is 12.5. The molecule has 0 saturated carbocycles. The minimum absolute atomic E-state index is 0.103. The van der Waals surface area contributed by atoms with E-state index in [0.29, 0.717) is 0 Å². The first-order valence-electron chi connectivity index (χ1n) is 7.85. The van der Waals surface area contributed by atoms with Gasteiger partial charge < -0.3 is 24.1 Å². The molecule has 1 heterocycles. The van der Waals surface area contributed by atoms with Crippen LogP contribution in [0.1, 0.15) is 41.0 Å². The Morgan fingerprint density at radius 2 is 1.83 bits per heavy atom. The zero-order valence-electron chi connectivity index (χ0n) is 15.5. The lowest BCUT2D eigenvalue weighted by atomic mass is 10.0. The van der Waals surface area contributed by atoms with Crippen molar-refractivity contribution in [3.05, 3.63) is 0 Å². The largest absolute Gasteiger partial charge is 0.444 e. The fourth-order valence-electron chi connectivity index (χ4n) is 2.58. The van der Waals surface area contributed by atoms with E-state index in [1.165, 1.54) is 19.1 Å². The number of hydrogen-bond acceptors (Lipinski definition) is 7. The molecule has 0 aromatic heterocycles. The highest BCUT2D eigenvalue weighted by Crippen LogP contribution is 2.31. The first kappa shape index (κ1) is 20.8. The summed E-state index contributed by atoms with van der Waals surface area (Å²) in [5.41, 5.74) is -1.63. The number of carbonyl (C=O) groups excluding carboxylic acids is 2. The Balaban J connectivity index is 2.88. The van der Waals surface area contributed by atoms with Crippen molar-refractivity contribution < 1.29 is 33.6 Å². The van der Waals surface area contributed by atoms with Crippen molar-refractivity contribution in [3.8, 4) is 0 Å². The van der Waals surface area contributed by atoms with Crippen LogP contribution in [0.5, 0.6) is 0 Å². The van der Waals surface area contributed by atoms with E-state index in [1.54, 1.807) is 34.6 Å². The van der Waals surface area contributed by atoms with E-state index in [9.17, 15) is 14.7 Å². The Hall–Kier alpha value is -1.22. The highest BCUT2D eigenvalue weighted by atomic mass is 16.7. The van der Waals surface area contributed by atoms with Gasteiger partial charge in [0.15, 0.2) is 5.78 Å². The number of nitrogens with zero attached hydrogens (tertiary/aromatic N) is 1. The summed E-state index contributed by atoms with van der Waals surface area (Å²) >= 11 is 0. The van der Waals surface area contributed by atoms with Gasteiger partial charge in [-0.25, -0.2) is 4.79 Å². The summed E-state index contributed by atoms with van der Waals surface area (Å²) in [5, 5.41) is 10.4. The Morgan fingerprint density at radius 3 is 2.29 bits per heavy atom. The molecule has 24 heavy (non-hydrogen) atoms. The Labute approximate surface area is 143 Å². The third-order valence-corrected chi connectivity index (χ3v) is 3.65. The lowest BCUT2D eigenvalue weighted by Crippen LogP contribution is -2.53. The van der Waals surface area contributed by atoms with Crippen molar-refractivity contribution in [2.45, 2.75) is 70.8 Å². The lowest BCUT2D eigenvalue weighted by molar-refractivity contribution is -0.159. The van der Waals surface area contributed by atoms with E-state index in [-0.39, 0.29) is 13.0 Å². The number of hydrogen-bond donors (Lipinski definition) is 1. The van der Waals surface area contributed by atoms with Crippen molar-refractivity contribution in [1.82, 2.24) is 4.90 Å². The molecule has 1 rings (SSSR count). The molecule has 2 atom stereocenters. The standard InChI is InChI=1S/C16H29NO7/c1-15(2,3)24-14(20)17-10(9-23-16(17,4)5)11(18)8-12(19)13(21-6)22-7/h10-11,13,18H,8-9H2,1-7H3/t10-,11+/m0/s1. The molecule has 0 radical (unpaired) electrons. The minimum atomic E-state index is -1.13. The maximum Gasteiger partial charge on any atom is 0.412 e. The molecule has 0 bridgehead atoms. The molecular weight excluding hydrogens is 318 g/mol. The van der Waals surface area contributed by atoms with Crippen LogP contribution in [-0.4, -0.2) is 72.5 Å². The van der Waals surface area contributed by atoms with Crippen molar-refractivity contribution in [2.24, 2.45) is 0 Å². The zero-order chi connectivity index (χ0) is 18.7. The molecule has 1 aliphatic rings. The van der Waals surface area contributed by atoms with Crippen LogP contribution in [0.3, 0.4) is 0 Å². The molecule has 1 aliphatic heterocycles. The minimum Gasteiger partial charge on any atom is -0.444 e. The fourth-order valence-corrected chi connectivity index (χ4v) is 2.58. The topological polar surface area (TPSA) is 94.5 Å². The van der Waals surface area contributed by atoms with Gasteiger partial charge in [-0.2, -0.15) is 0 Å². The van der Waals surface area contributed by atoms with Gasteiger partial charge in [-0.15, -0.1) is 0 Å². The molecule has 0 spiro atoms. The van der Waals surface area contributed by atoms with Crippen LogP contribution in [0.2, 0.25) is 0 Å². The third-order valence-electron chi connectivity index (χ3n) is 3.65. The summed E-state index contributed by atoms with van der Waals surface area (Å²) in [5.74, 6) is -0.415. The predicted octanol–water partition coefficient (Wildman–Crippen LogP) is 1.30. The summed E-state index contributed by atoms with van der Waals surface area (Å²) in [6.45, 7) is 8.78. The summed E-state index contributed by atoms with van der Waals surface area (Å²) in [6, 6.07) is -0.701. The van der Waals surface area contributed by atoms with E-state index in [1.807, 2.05) is 0 Å². The third kappa shape index (κ3) is 5.14. The molecule has 0 aromatic rings. The molecule has 0 aliphatic carbocycles. The van der Waals surface area contributed by atoms with Gasteiger partial charge in [-0.05, 0) is 34.6 Å². The number of methoxy groups -OCH3 is 2. The Morgan fingerprint density at radius 1 is 1.29 bits per heavy atom. The first-order valence-corrected chi connectivity index (χ1v) is 7.85. The molecule has 1 N–H and O–H groups in total. The predicted molar refractivity (Wildman–Crippen MR) is 85.3 cm³/mol. The summed E-state index contributed by atoms with van der Waals surface area (Å²) in [7, 11) is 2.68. The van der Waals surface area contributed by atoms with E-state index in [0.717, 1.165) is 0 Å². The Kier molecular flexibility index (Phi) is 6.75. The fraction of sp³-hybridized carbons (Fsp3) is 0.875. The smallest absolute Gasteiger partial charge is 0.412 e. The van der Waals surface area contributed by atoms with Crippen molar-refractivity contribution in [2.75, 3.05) is 20.8 Å². The summed E-state index contributed by atoms with van der Waals surface area (Å²) < 4.78 is 20.8. The average molecular weight is 347 g/mol. The van der Waals surface area contributed by atoms with Gasteiger partial charge >= 0.3 is 6.09 Å². The quantitative estimate of drug-likeness (QED) is 0.724. The Bertz CT molecular complexity index is 454. The van der Waals surface area contributed by atoms with Gasteiger partial charge in [0.05, 0.1) is 18.8 Å². The van der Waals surface area contributed by atoms with Crippen LogP contribution >= 0.6 is 0 Å². The lowest BCUT2D eigenvalue weighted by Gasteiger charge is -2.36. The molecule has 140 valence electrons. The highest BCUT2D eigenvalue weighted by molar-refractivity contribution is 5.82. The van der Waals surface area contributed by atoms with Gasteiger partial charge in [-0.1, -0.05) is 0 Å². The van der Waals surface area contributed by atoms with E-state index >= 15 is 0 Å². The van der Waals surface area contributed by atoms with Crippen molar-refractivity contribution >= 4 is 11.9 Å². The first-order chi connectivity index (χ1) is 10.9. The van der Waals surface area contributed by atoms with E-state index in [2.05, 4.69) is 0 Å². The number of Topliss-reactive ketones (excluding diaryl/α,β-unsaturated/α-hetero) is 1. The molecule has 1 saturated heterocycles. The van der Waals surface area contributed by atoms with Crippen LogP contribution in [0.25, 0.3) is 0 Å². The molecule has 1 amide bonds. The molecule has 8 heteroatoms. The van der Waals surface area contributed by atoms with Gasteiger partial charge in [0, 0.05) is 20.6 Å². The van der Waals surface area contributed by atoms with Gasteiger partial charge in [0.1, 0.15) is 11.3 Å². The second-order valence-electron chi connectivity index (χ2n) is 7.22. The van der Waals surface area contributed by atoms with Gasteiger partial charge in [0.2, 0.25) is 6.29 Å².